The van der Waals surface area contributed by atoms with Crippen LogP contribution < -0.4 is 0 Å². The van der Waals surface area contributed by atoms with Gasteiger partial charge < -0.3 is 4.40 Å². The molecule has 2 heteroatoms. The van der Waals surface area contributed by atoms with Crippen molar-refractivity contribution in [1.82, 2.24) is 9.38 Å². The van der Waals surface area contributed by atoms with Crippen LogP contribution in [-0.2, 0) is 0 Å². The number of nitrogens with zero attached hydrogens (tertiary/aromatic N) is 2. The molecule has 0 fully saturated rings. The molecule has 0 bridgehead atoms. The van der Waals surface area contributed by atoms with E-state index in [9.17, 15) is 0 Å². The number of hydrogen-bond acceptors (Lipinski definition) is 1. The van der Waals surface area contributed by atoms with E-state index < -0.39 is 0 Å². The van der Waals surface area contributed by atoms with E-state index in [1.165, 1.54) is 28.0 Å². The lowest BCUT2D eigenvalue weighted by atomic mass is 10.1. The van der Waals surface area contributed by atoms with Crippen LogP contribution in [-0.4, -0.2) is 9.38 Å². The van der Waals surface area contributed by atoms with Gasteiger partial charge in [-0.25, -0.2) is 0 Å². The van der Waals surface area contributed by atoms with E-state index in [0.29, 0.717) is 0 Å². The van der Waals surface area contributed by atoms with E-state index >= 15 is 0 Å². The van der Waals surface area contributed by atoms with Gasteiger partial charge in [-0.1, -0.05) is 0 Å². The predicted molar refractivity (Wildman–Crippen MR) is 63.6 cm³/mol. The number of aryl methyl sites for hydroxylation is 5. The normalized spacial score (nSPS) is 11.3. The van der Waals surface area contributed by atoms with Crippen LogP contribution in [0.3, 0.4) is 0 Å². The largest absolute Gasteiger partial charge is 0.314 e. The van der Waals surface area contributed by atoms with Gasteiger partial charge in [-0.05, 0) is 52.7 Å². The summed E-state index contributed by atoms with van der Waals surface area (Å²) < 4.78 is 2.34. The maximum Gasteiger partial charge on any atom is 0.0701 e. The highest BCUT2D eigenvalue weighted by atomic mass is 15.0. The van der Waals surface area contributed by atoms with Crippen LogP contribution >= 0.6 is 0 Å². The lowest BCUT2D eigenvalue weighted by Crippen LogP contribution is -2.02. The van der Waals surface area contributed by atoms with Gasteiger partial charge in [0.2, 0.25) is 0 Å². The summed E-state index contributed by atoms with van der Waals surface area (Å²) in [4.78, 5) is 4.60. The van der Waals surface area contributed by atoms with Gasteiger partial charge in [-0.3, -0.25) is 4.98 Å². The summed E-state index contributed by atoms with van der Waals surface area (Å²) in [5.74, 6) is 0. The van der Waals surface area contributed by atoms with Gasteiger partial charge in [0.25, 0.3) is 0 Å². The first-order chi connectivity index (χ1) is 6.95. The van der Waals surface area contributed by atoms with Crippen molar-refractivity contribution in [2.45, 2.75) is 41.5 Å². The smallest absolute Gasteiger partial charge is 0.0701 e. The third-order valence-electron chi connectivity index (χ3n) is 3.56. The Labute approximate surface area is 91.0 Å². The fraction of sp³-hybridized carbons (Fsp3) is 0.462. The van der Waals surface area contributed by atoms with Crippen molar-refractivity contribution < 1.29 is 0 Å². The molecule has 2 aromatic rings. The Morgan fingerprint density at radius 1 is 0.733 bits per heavy atom. The zero-order valence-corrected chi connectivity index (χ0v) is 10.4. The summed E-state index contributed by atoms with van der Waals surface area (Å²) in [5.41, 5.74) is 8.88. The van der Waals surface area contributed by atoms with Crippen molar-refractivity contribution >= 4 is 5.52 Å². The minimum Gasteiger partial charge on any atom is -0.314 e. The number of rotatable bonds is 0. The molecule has 0 aliphatic heterocycles. The highest BCUT2D eigenvalue weighted by molar-refractivity contribution is 5.65. The number of hydrogen-bond donors (Lipinski definition) is 0. The Kier molecular flexibility index (Phi) is 2.10. The zero-order valence-electron chi connectivity index (χ0n) is 10.4. The van der Waals surface area contributed by atoms with E-state index in [1.54, 1.807) is 0 Å². The third-order valence-corrected chi connectivity index (χ3v) is 3.56. The SMILES string of the molecule is Cc1nc(C)c2c(C)c(C)c(C)n2c1C. The molecular formula is C13H18N2. The second-order valence-corrected chi connectivity index (χ2v) is 4.39. The molecule has 0 spiro atoms. The fourth-order valence-electron chi connectivity index (χ4n) is 2.35. The molecular weight excluding hydrogens is 184 g/mol. The van der Waals surface area contributed by atoms with Gasteiger partial charge in [-0.15, -0.1) is 0 Å². The second kappa shape index (κ2) is 3.09. The van der Waals surface area contributed by atoms with Crippen molar-refractivity contribution in [3.05, 3.63) is 33.9 Å². The van der Waals surface area contributed by atoms with Crippen LogP contribution in [0.1, 0.15) is 33.9 Å². The van der Waals surface area contributed by atoms with Crippen LogP contribution in [0.4, 0.5) is 0 Å². The van der Waals surface area contributed by atoms with Crippen molar-refractivity contribution in [3.8, 4) is 0 Å². The molecule has 15 heavy (non-hydrogen) atoms. The number of aromatic nitrogens is 2. The van der Waals surface area contributed by atoms with Crippen molar-refractivity contribution in [3.63, 3.8) is 0 Å². The van der Waals surface area contributed by atoms with Crippen LogP contribution in [0.15, 0.2) is 0 Å². The van der Waals surface area contributed by atoms with Gasteiger partial charge in [0, 0.05) is 11.4 Å². The maximum absolute atomic E-state index is 4.60. The van der Waals surface area contributed by atoms with Crippen LogP contribution in [0, 0.1) is 41.5 Å². The van der Waals surface area contributed by atoms with Crippen molar-refractivity contribution in [2.75, 3.05) is 0 Å². The summed E-state index contributed by atoms with van der Waals surface area (Å²) >= 11 is 0. The molecule has 0 saturated heterocycles. The highest BCUT2D eigenvalue weighted by Gasteiger charge is 2.14. The molecule has 0 atom stereocenters. The van der Waals surface area contributed by atoms with Crippen molar-refractivity contribution in [1.29, 1.82) is 0 Å². The molecule has 2 heterocycles. The summed E-state index contributed by atoms with van der Waals surface area (Å²) in [6.07, 6.45) is 0. The first-order valence-corrected chi connectivity index (χ1v) is 5.37. The molecule has 0 aliphatic carbocycles. The third kappa shape index (κ3) is 1.21. The van der Waals surface area contributed by atoms with Gasteiger partial charge in [0.05, 0.1) is 16.9 Å². The Bertz CT molecular complexity index is 548. The Morgan fingerprint density at radius 3 is 1.93 bits per heavy atom. The average molecular weight is 202 g/mol. The van der Waals surface area contributed by atoms with Crippen LogP contribution in [0.25, 0.3) is 5.52 Å². The first-order valence-electron chi connectivity index (χ1n) is 5.37. The molecule has 2 nitrogen and oxygen atoms in total. The van der Waals surface area contributed by atoms with E-state index in [0.717, 1.165) is 11.4 Å². The van der Waals surface area contributed by atoms with E-state index in [2.05, 4.69) is 50.9 Å². The molecule has 0 unspecified atom stereocenters. The quantitative estimate of drug-likeness (QED) is 0.641. The second-order valence-electron chi connectivity index (χ2n) is 4.39. The monoisotopic (exact) mass is 202 g/mol. The lowest BCUT2D eigenvalue weighted by Gasteiger charge is -2.09. The zero-order chi connectivity index (χ0) is 11.3. The topological polar surface area (TPSA) is 17.3 Å². The average Bonchev–Trinajstić information content (AvgIpc) is 2.40. The maximum atomic E-state index is 4.60. The minimum atomic E-state index is 1.12. The molecule has 80 valence electrons. The molecule has 0 amide bonds. The summed E-state index contributed by atoms with van der Waals surface area (Å²) in [7, 11) is 0. The molecule has 0 aromatic carbocycles. The van der Waals surface area contributed by atoms with E-state index in [1.807, 2.05) is 0 Å². The van der Waals surface area contributed by atoms with Gasteiger partial charge in [-0.2, -0.15) is 0 Å². The first kappa shape index (κ1) is 10.2. The summed E-state index contributed by atoms with van der Waals surface area (Å²) in [6.45, 7) is 12.9. The van der Waals surface area contributed by atoms with E-state index in [-0.39, 0.29) is 0 Å². The van der Waals surface area contributed by atoms with Crippen LogP contribution in [0.2, 0.25) is 0 Å². The van der Waals surface area contributed by atoms with Crippen LogP contribution in [0.5, 0.6) is 0 Å². The standard InChI is InChI=1S/C13H18N2/c1-7-8(2)13-10(4)14-9(3)12(6)15(13)11(7)5/h1-6H3. The Morgan fingerprint density at radius 2 is 1.33 bits per heavy atom. The van der Waals surface area contributed by atoms with Gasteiger partial charge in [0.1, 0.15) is 0 Å². The highest BCUT2D eigenvalue weighted by Crippen LogP contribution is 2.25. The van der Waals surface area contributed by atoms with Gasteiger partial charge in [0.15, 0.2) is 0 Å². The molecule has 0 aliphatic rings. The minimum absolute atomic E-state index is 1.12. The van der Waals surface area contributed by atoms with E-state index in [4.69, 9.17) is 0 Å². The summed E-state index contributed by atoms with van der Waals surface area (Å²) in [6, 6.07) is 0. The fourth-order valence-corrected chi connectivity index (χ4v) is 2.35. The Hall–Kier alpha value is -1.31. The van der Waals surface area contributed by atoms with Crippen molar-refractivity contribution in [2.24, 2.45) is 0 Å². The molecule has 2 aromatic heterocycles. The Balaban J connectivity index is 3.10. The predicted octanol–water partition coefficient (Wildman–Crippen LogP) is 3.18. The lowest BCUT2D eigenvalue weighted by molar-refractivity contribution is 0.946. The number of fused-ring (bicyclic) bond motifs is 1. The summed E-state index contributed by atoms with van der Waals surface area (Å²) in [5, 5.41) is 0. The molecule has 0 N–H and O–H groups in total. The molecule has 2 rings (SSSR count). The molecule has 0 saturated carbocycles. The molecule has 0 radical (unpaired) electrons. The van der Waals surface area contributed by atoms with Gasteiger partial charge >= 0.3 is 0 Å².